The summed E-state index contributed by atoms with van der Waals surface area (Å²) in [6.07, 6.45) is 0. The number of hydrogen-bond donors (Lipinski definition) is 0. The molecule has 106 valence electrons. The van der Waals surface area contributed by atoms with Crippen LogP contribution in [0.25, 0.3) is 0 Å². The number of aryl methyl sites for hydroxylation is 1. The summed E-state index contributed by atoms with van der Waals surface area (Å²) in [6, 6.07) is 16.9. The number of benzene rings is 2. The summed E-state index contributed by atoms with van der Waals surface area (Å²) in [7, 11) is 0. The number of urea groups is 1. The van der Waals surface area contributed by atoms with Crippen LogP contribution in [-0.4, -0.2) is 23.4 Å². The van der Waals surface area contributed by atoms with Gasteiger partial charge in [-0.1, -0.05) is 48.0 Å². The summed E-state index contributed by atoms with van der Waals surface area (Å²) in [4.78, 5) is 27.4. The molecule has 21 heavy (non-hydrogen) atoms. The first-order valence-corrected chi connectivity index (χ1v) is 6.87. The Hall–Kier alpha value is -2.62. The Morgan fingerprint density at radius 1 is 1.00 bits per heavy atom. The lowest BCUT2D eigenvalue weighted by Gasteiger charge is -2.17. The number of carbonyl (C=O) groups is 2. The molecule has 4 nitrogen and oxygen atoms in total. The van der Waals surface area contributed by atoms with E-state index in [0.29, 0.717) is 6.54 Å². The molecule has 0 aliphatic carbocycles. The fourth-order valence-corrected chi connectivity index (χ4v) is 2.50. The molecule has 0 spiro atoms. The molecule has 3 rings (SSSR count). The first-order valence-electron chi connectivity index (χ1n) is 6.87. The Labute approximate surface area is 123 Å². The molecule has 0 N–H and O–H groups in total. The van der Waals surface area contributed by atoms with E-state index >= 15 is 0 Å². The summed E-state index contributed by atoms with van der Waals surface area (Å²) >= 11 is 0. The zero-order chi connectivity index (χ0) is 14.8. The van der Waals surface area contributed by atoms with Crippen molar-refractivity contribution in [3.8, 4) is 0 Å². The van der Waals surface area contributed by atoms with E-state index in [2.05, 4.69) is 0 Å². The molecule has 0 atom stereocenters. The highest BCUT2D eigenvalue weighted by atomic mass is 16.2. The Bertz CT molecular complexity index is 682. The Morgan fingerprint density at radius 3 is 2.48 bits per heavy atom. The lowest BCUT2D eigenvalue weighted by molar-refractivity contribution is -0.125. The quantitative estimate of drug-likeness (QED) is 0.811. The molecule has 1 fully saturated rings. The number of nitrogens with zero attached hydrogens (tertiary/aromatic N) is 2. The second-order valence-electron chi connectivity index (χ2n) is 5.17. The minimum absolute atomic E-state index is 0.106. The molecule has 1 aliphatic heterocycles. The Balaban J connectivity index is 1.81. The smallest absolute Gasteiger partial charge is 0.285 e. The van der Waals surface area contributed by atoms with Gasteiger partial charge in [-0.2, -0.15) is 0 Å². The third kappa shape index (κ3) is 2.65. The molecule has 0 radical (unpaired) electrons. The molecule has 1 saturated heterocycles. The van der Waals surface area contributed by atoms with Gasteiger partial charge in [-0.25, -0.2) is 4.79 Å². The van der Waals surface area contributed by atoms with Gasteiger partial charge in [0.25, 0.3) is 5.91 Å². The van der Waals surface area contributed by atoms with E-state index in [-0.39, 0.29) is 18.5 Å². The SMILES string of the molecule is Cc1cccc(CN2C(=O)CN(c3ccccc3)C2=O)c1. The lowest BCUT2D eigenvalue weighted by Crippen LogP contribution is -2.32. The number of rotatable bonds is 3. The van der Waals surface area contributed by atoms with Crippen molar-refractivity contribution in [2.75, 3.05) is 11.4 Å². The van der Waals surface area contributed by atoms with Crippen LogP contribution < -0.4 is 4.90 Å². The number of para-hydroxylation sites is 1. The van der Waals surface area contributed by atoms with Gasteiger partial charge in [-0.05, 0) is 24.6 Å². The van der Waals surface area contributed by atoms with Crippen LogP contribution in [0.4, 0.5) is 10.5 Å². The molecule has 0 saturated carbocycles. The molecular weight excluding hydrogens is 264 g/mol. The molecule has 4 heteroatoms. The van der Waals surface area contributed by atoms with Crippen molar-refractivity contribution in [3.05, 3.63) is 65.7 Å². The fourth-order valence-electron chi connectivity index (χ4n) is 2.50. The molecule has 0 aromatic heterocycles. The summed E-state index contributed by atoms with van der Waals surface area (Å²) < 4.78 is 0. The summed E-state index contributed by atoms with van der Waals surface area (Å²) in [5.41, 5.74) is 2.83. The molecule has 2 aromatic carbocycles. The van der Waals surface area contributed by atoms with Crippen LogP contribution >= 0.6 is 0 Å². The predicted molar refractivity (Wildman–Crippen MR) is 80.9 cm³/mol. The van der Waals surface area contributed by atoms with E-state index in [0.717, 1.165) is 16.8 Å². The molecule has 0 bridgehead atoms. The average molecular weight is 280 g/mol. The van der Waals surface area contributed by atoms with Crippen molar-refractivity contribution in [2.24, 2.45) is 0 Å². The molecule has 1 aliphatic rings. The van der Waals surface area contributed by atoms with E-state index in [1.165, 1.54) is 9.80 Å². The number of anilines is 1. The van der Waals surface area contributed by atoms with Gasteiger partial charge in [0, 0.05) is 5.69 Å². The van der Waals surface area contributed by atoms with Gasteiger partial charge >= 0.3 is 6.03 Å². The topological polar surface area (TPSA) is 40.6 Å². The van der Waals surface area contributed by atoms with Crippen molar-refractivity contribution >= 4 is 17.6 Å². The molecule has 2 aromatic rings. The van der Waals surface area contributed by atoms with Crippen LogP contribution in [-0.2, 0) is 11.3 Å². The Kier molecular flexibility index (Phi) is 3.44. The van der Waals surface area contributed by atoms with Crippen LogP contribution in [0.3, 0.4) is 0 Å². The number of carbonyl (C=O) groups excluding carboxylic acids is 2. The summed E-state index contributed by atoms with van der Waals surface area (Å²) in [6.45, 7) is 2.42. The third-order valence-corrected chi connectivity index (χ3v) is 3.55. The monoisotopic (exact) mass is 280 g/mol. The predicted octanol–water partition coefficient (Wildman–Crippen LogP) is 2.96. The van der Waals surface area contributed by atoms with Crippen LogP contribution in [0, 0.1) is 6.92 Å². The van der Waals surface area contributed by atoms with Crippen LogP contribution in [0.5, 0.6) is 0 Å². The maximum Gasteiger partial charge on any atom is 0.332 e. The van der Waals surface area contributed by atoms with Gasteiger partial charge in [0.15, 0.2) is 0 Å². The minimum atomic E-state index is -0.257. The normalized spacial score (nSPS) is 14.9. The van der Waals surface area contributed by atoms with E-state index in [1.54, 1.807) is 0 Å². The standard InChI is InChI=1S/C17H16N2O2/c1-13-6-5-7-14(10-13)11-19-16(20)12-18(17(19)21)15-8-3-2-4-9-15/h2-10H,11-12H2,1H3. The van der Waals surface area contributed by atoms with Crippen molar-refractivity contribution < 1.29 is 9.59 Å². The third-order valence-electron chi connectivity index (χ3n) is 3.55. The molecule has 0 unspecified atom stereocenters. The van der Waals surface area contributed by atoms with Crippen LogP contribution in [0.2, 0.25) is 0 Å². The van der Waals surface area contributed by atoms with Crippen LogP contribution in [0.1, 0.15) is 11.1 Å². The van der Waals surface area contributed by atoms with Gasteiger partial charge in [0.2, 0.25) is 0 Å². The highest BCUT2D eigenvalue weighted by Crippen LogP contribution is 2.22. The van der Waals surface area contributed by atoms with E-state index in [4.69, 9.17) is 0 Å². The van der Waals surface area contributed by atoms with Gasteiger partial charge in [0.05, 0.1) is 6.54 Å². The van der Waals surface area contributed by atoms with Crippen LogP contribution in [0.15, 0.2) is 54.6 Å². The minimum Gasteiger partial charge on any atom is -0.285 e. The van der Waals surface area contributed by atoms with Gasteiger partial charge in [-0.15, -0.1) is 0 Å². The number of hydrogen-bond acceptors (Lipinski definition) is 2. The van der Waals surface area contributed by atoms with Gasteiger partial charge in [-0.3, -0.25) is 14.6 Å². The average Bonchev–Trinajstić information content (AvgIpc) is 2.76. The highest BCUT2D eigenvalue weighted by Gasteiger charge is 2.36. The van der Waals surface area contributed by atoms with Gasteiger partial charge in [0.1, 0.15) is 6.54 Å². The van der Waals surface area contributed by atoms with E-state index < -0.39 is 0 Å². The summed E-state index contributed by atoms with van der Waals surface area (Å²) in [5.74, 6) is -0.162. The lowest BCUT2D eigenvalue weighted by atomic mass is 10.1. The summed E-state index contributed by atoms with van der Waals surface area (Å²) in [5, 5.41) is 0. The highest BCUT2D eigenvalue weighted by molar-refractivity contribution is 6.12. The zero-order valence-electron chi connectivity index (χ0n) is 11.8. The van der Waals surface area contributed by atoms with Crippen molar-refractivity contribution in [1.29, 1.82) is 0 Å². The fraction of sp³-hybridized carbons (Fsp3) is 0.176. The first-order chi connectivity index (χ1) is 10.1. The zero-order valence-corrected chi connectivity index (χ0v) is 11.8. The molecule has 3 amide bonds. The van der Waals surface area contributed by atoms with Crippen molar-refractivity contribution in [1.82, 2.24) is 4.90 Å². The Morgan fingerprint density at radius 2 is 1.76 bits per heavy atom. The number of amides is 3. The van der Waals surface area contributed by atoms with Crippen molar-refractivity contribution in [3.63, 3.8) is 0 Å². The molecular formula is C17H16N2O2. The number of imide groups is 1. The van der Waals surface area contributed by atoms with E-state index in [1.807, 2.05) is 61.5 Å². The van der Waals surface area contributed by atoms with E-state index in [9.17, 15) is 9.59 Å². The maximum atomic E-state index is 12.4. The van der Waals surface area contributed by atoms with Crippen molar-refractivity contribution in [2.45, 2.75) is 13.5 Å². The second kappa shape index (κ2) is 5.40. The second-order valence-corrected chi connectivity index (χ2v) is 5.17. The first kappa shape index (κ1) is 13.4. The van der Waals surface area contributed by atoms with Gasteiger partial charge < -0.3 is 0 Å². The largest absolute Gasteiger partial charge is 0.332 e. The maximum absolute atomic E-state index is 12.4. The molecule has 1 heterocycles.